The molecule has 0 aliphatic carbocycles. The molecule has 1 unspecified atom stereocenters. The first-order valence-electron chi connectivity index (χ1n) is 9.56. The van der Waals surface area contributed by atoms with Crippen LogP contribution in [0, 0.1) is 17.0 Å². The Labute approximate surface area is 178 Å². The van der Waals surface area contributed by atoms with Crippen LogP contribution >= 0.6 is 0 Å². The fourth-order valence-electron chi connectivity index (χ4n) is 3.81. The average Bonchev–Trinajstić information content (AvgIpc) is 3.04. The van der Waals surface area contributed by atoms with Gasteiger partial charge in [0.25, 0.3) is 17.4 Å². The summed E-state index contributed by atoms with van der Waals surface area (Å²) in [5.41, 5.74) is 1.32. The molecule has 1 fully saturated rings. The fraction of sp³-hybridized carbons (Fsp3) is 0.0833. The molecule has 7 heteroatoms. The number of ketones is 1. The Morgan fingerprint density at radius 3 is 2.32 bits per heavy atom. The van der Waals surface area contributed by atoms with Gasteiger partial charge in [0.05, 0.1) is 16.1 Å². The first-order valence-corrected chi connectivity index (χ1v) is 9.56. The van der Waals surface area contributed by atoms with Crippen molar-refractivity contribution in [2.75, 3.05) is 4.90 Å². The number of hydrogen-bond acceptors (Lipinski definition) is 5. The van der Waals surface area contributed by atoms with Gasteiger partial charge in [-0.05, 0) is 30.7 Å². The Bertz CT molecular complexity index is 1230. The van der Waals surface area contributed by atoms with Gasteiger partial charge in [0.2, 0.25) is 0 Å². The Kier molecular flexibility index (Phi) is 5.09. The van der Waals surface area contributed by atoms with Crippen molar-refractivity contribution >= 4 is 28.8 Å². The van der Waals surface area contributed by atoms with E-state index in [4.69, 9.17) is 0 Å². The Morgan fingerprint density at radius 2 is 1.65 bits per heavy atom. The highest BCUT2D eigenvalue weighted by Gasteiger charge is 2.48. The molecular weight excluding hydrogens is 396 g/mol. The number of anilines is 1. The van der Waals surface area contributed by atoms with Crippen LogP contribution in [0.2, 0.25) is 0 Å². The van der Waals surface area contributed by atoms with Crippen molar-refractivity contribution in [2.24, 2.45) is 0 Å². The minimum atomic E-state index is -1.15. The van der Waals surface area contributed by atoms with Crippen LogP contribution in [-0.4, -0.2) is 21.7 Å². The Morgan fingerprint density at radius 1 is 0.968 bits per heavy atom. The fourth-order valence-corrected chi connectivity index (χ4v) is 3.81. The number of carbonyl (C=O) groups excluding carboxylic acids is 2. The lowest BCUT2D eigenvalue weighted by Gasteiger charge is -2.25. The first kappa shape index (κ1) is 20.0. The summed E-state index contributed by atoms with van der Waals surface area (Å²) in [7, 11) is 0. The van der Waals surface area contributed by atoms with Gasteiger partial charge < -0.3 is 5.11 Å². The summed E-state index contributed by atoms with van der Waals surface area (Å²) in [6.07, 6.45) is 0. The number of rotatable bonds is 4. The number of aliphatic hydroxyl groups is 1. The molecule has 1 aliphatic heterocycles. The van der Waals surface area contributed by atoms with E-state index in [2.05, 4.69) is 0 Å². The van der Waals surface area contributed by atoms with E-state index in [-0.39, 0.29) is 22.6 Å². The molecule has 0 aromatic heterocycles. The quantitative estimate of drug-likeness (QED) is 0.222. The highest BCUT2D eigenvalue weighted by Crippen LogP contribution is 2.44. The summed E-state index contributed by atoms with van der Waals surface area (Å²) in [6.45, 7) is 1.84. The van der Waals surface area contributed by atoms with Crippen LogP contribution in [0.3, 0.4) is 0 Å². The summed E-state index contributed by atoms with van der Waals surface area (Å²) in [5.74, 6) is -2.13. The molecule has 4 rings (SSSR count). The van der Waals surface area contributed by atoms with Crippen molar-refractivity contribution in [3.05, 3.63) is 111 Å². The maximum absolute atomic E-state index is 13.1. The lowest BCUT2D eigenvalue weighted by Crippen LogP contribution is -2.29. The molecule has 3 aromatic rings. The van der Waals surface area contributed by atoms with Gasteiger partial charge in [-0.25, -0.2) is 0 Å². The largest absolute Gasteiger partial charge is 0.507 e. The SMILES string of the molecule is Cc1cccc(N2C(=O)C(=O)C(=C(O)c3ccccc3)C2c2ccccc2[N+](=O)[O-])c1. The lowest BCUT2D eigenvalue weighted by atomic mass is 9.94. The Balaban J connectivity index is 2.02. The maximum Gasteiger partial charge on any atom is 0.300 e. The lowest BCUT2D eigenvalue weighted by molar-refractivity contribution is -0.385. The molecule has 0 spiro atoms. The van der Waals surface area contributed by atoms with Gasteiger partial charge in [-0.15, -0.1) is 0 Å². The number of nitrogens with zero attached hydrogens (tertiary/aromatic N) is 2. The number of nitro benzene ring substituents is 1. The number of para-hydroxylation sites is 1. The van der Waals surface area contributed by atoms with Gasteiger partial charge in [0, 0.05) is 17.3 Å². The number of nitro groups is 1. The highest BCUT2D eigenvalue weighted by atomic mass is 16.6. The Hall–Kier alpha value is -4.26. The van der Waals surface area contributed by atoms with Crippen molar-refractivity contribution in [1.82, 2.24) is 0 Å². The third-order valence-electron chi connectivity index (χ3n) is 5.20. The minimum absolute atomic E-state index is 0.144. The van der Waals surface area contributed by atoms with E-state index in [0.29, 0.717) is 11.3 Å². The molecule has 1 amide bonds. The number of aliphatic hydroxyl groups excluding tert-OH is 1. The van der Waals surface area contributed by atoms with Crippen molar-refractivity contribution < 1.29 is 19.6 Å². The second kappa shape index (κ2) is 7.87. The number of hydrogen-bond donors (Lipinski definition) is 1. The summed E-state index contributed by atoms with van der Waals surface area (Å²) in [4.78, 5) is 38.5. The molecule has 1 heterocycles. The normalized spacial score (nSPS) is 17.7. The molecule has 0 radical (unpaired) electrons. The van der Waals surface area contributed by atoms with E-state index >= 15 is 0 Å². The number of amides is 1. The van der Waals surface area contributed by atoms with Gasteiger partial charge >= 0.3 is 0 Å². The third-order valence-corrected chi connectivity index (χ3v) is 5.20. The van der Waals surface area contributed by atoms with Crippen LogP contribution in [0.15, 0.2) is 84.4 Å². The number of benzene rings is 3. The third kappa shape index (κ3) is 3.46. The standard InChI is InChI=1S/C24H18N2O5/c1-15-8-7-11-17(14-15)25-21(18-12-5-6-13-19(18)26(30)31)20(23(28)24(25)29)22(27)16-9-3-2-4-10-16/h2-14,21,27H,1H3. The van der Waals surface area contributed by atoms with Gasteiger partial charge in [-0.3, -0.25) is 24.6 Å². The monoisotopic (exact) mass is 414 g/mol. The topological polar surface area (TPSA) is 101 Å². The van der Waals surface area contributed by atoms with Crippen molar-refractivity contribution in [1.29, 1.82) is 0 Å². The van der Waals surface area contributed by atoms with Gasteiger partial charge in [-0.2, -0.15) is 0 Å². The number of aryl methyl sites for hydroxylation is 1. The molecule has 31 heavy (non-hydrogen) atoms. The zero-order valence-electron chi connectivity index (χ0n) is 16.6. The summed E-state index contributed by atoms with van der Waals surface area (Å²) in [5, 5.41) is 22.7. The van der Waals surface area contributed by atoms with Crippen LogP contribution in [0.1, 0.15) is 22.7 Å². The average molecular weight is 414 g/mol. The summed E-state index contributed by atoms with van der Waals surface area (Å²) < 4.78 is 0. The van der Waals surface area contributed by atoms with Crippen LogP contribution in [0.4, 0.5) is 11.4 Å². The number of carbonyl (C=O) groups is 2. The molecule has 0 saturated carbocycles. The van der Waals surface area contributed by atoms with Crippen LogP contribution in [0.25, 0.3) is 5.76 Å². The maximum atomic E-state index is 13.1. The zero-order valence-corrected chi connectivity index (χ0v) is 16.6. The van der Waals surface area contributed by atoms with Gasteiger partial charge in [0.15, 0.2) is 0 Å². The molecule has 1 saturated heterocycles. The van der Waals surface area contributed by atoms with Crippen LogP contribution < -0.4 is 4.90 Å². The van der Waals surface area contributed by atoms with Crippen molar-refractivity contribution in [3.63, 3.8) is 0 Å². The van der Waals surface area contributed by atoms with Crippen LogP contribution in [0.5, 0.6) is 0 Å². The van der Waals surface area contributed by atoms with E-state index in [0.717, 1.165) is 5.56 Å². The van der Waals surface area contributed by atoms with E-state index in [1.54, 1.807) is 54.6 Å². The van der Waals surface area contributed by atoms with E-state index in [1.807, 2.05) is 13.0 Å². The van der Waals surface area contributed by atoms with Crippen molar-refractivity contribution in [2.45, 2.75) is 13.0 Å². The number of Topliss-reactive ketones (excluding diaryl/α,β-unsaturated/α-hetero) is 1. The molecule has 1 N–H and O–H groups in total. The van der Waals surface area contributed by atoms with E-state index in [1.165, 1.54) is 23.1 Å². The molecule has 0 bridgehead atoms. The second-order valence-corrected chi connectivity index (χ2v) is 7.19. The predicted octanol–water partition coefficient (Wildman–Crippen LogP) is 4.53. The van der Waals surface area contributed by atoms with Crippen LogP contribution in [-0.2, 0) is 9.59 Å². The minimum Gasteiger partial charge on any atom is -0.507 e. The smallest absolute Gasteiger partial charge is 0.300 e. The zero-order chi connectivity index (χ0) is 22.1. The highest BCUT2D eigenvalue weighted by molar-refractivity contribution is 6.51. The first-order chi connectivity index (χ1) is 14.9. The molecule has 1 atom stereocenters. The molecule has 3 aromatic carbocycles. The van der Waals surface area contributed by atoms with E-state index < -0.39 is 22.7 Å². The molecule has 154 valence electrons. The summed E-state index contributed by atoms with van der Waals surface area (Å²) in [6, 6.07) is 20.0. The van der Waals surface area contributed by atoms with Gasteiger partial charge in [-0.1, -0.05) is 54.6 Å². The van der Waals surface area contributed by atoms with Crippen molar-refractivity contribution in [3.8, 4) is 0 Å². The molecule has 7 nitrogen and oxygen atoms in total. The van der Waals surface area contributed by atoms with E-state index in [9.17, 15) is 24.8 Å². The molecular formula is C24H18N2O5. The molecule has 1 aliphatic rings. The van der Waals surface area contributed by atoms with Gasteiger partial charge in [0.1, 0.15) is 11.8 Å². The second-order valence-electron chi connectivity index (χ2n) is 7.19. The predicted molar refractivity (Wildman–Crippen MR) is 116 cm³/mol. The summed E-state index contributed by atoms with van der Waals surface area (Å²) >= 11 is 0.